The zero-order chi connectivity index (χ0) is 21.2. The molecule has 0 aliphatic heterocycles. The number of benzene rings is 2. The Kier molecular flexibility index (Phi) is 6.41. The zero-order valence-corrected chi connectivity index (χ0v) is 18.6. The number of hydrogen-bond acceptors (Lipinski definition) is 5. The fraction of sp³-hybridized carbons (Fsp3) is 0.250. The van der Waals surface area contributed by atoms with Crippen molar-refractivity contribution in [2.45, 2.75) is 31.3 Å². The predicted molar refractivity (Wildman–Crippen MR) is 120 cm³/mol. The van der Waals surface area contributed by atoms with Crippen LogP contribution in [0.25, 0.3) is 11.4 Å². The molecule has 1 aromatic heterocycles. The third-order valence-electron chi connectivity index (χ3n) is 4.15. The van der Waals surface area contributed by atoms with E-state index in [2.05, 4.69) is 48.4 Å². The molecule has 29 heavy (non-hydrogen) atoms. The van der Waals surface area contributed by atoms with E-state index in [1.165, 1.54) is 22.0 Å². The molecular formula is C20H21Cl2N5OS. The quantitative estimate of drug-likeness (QED) is 0.422. The minimum absolute atomic E-state index is 0.0660. The Morgan fingerprint density at radius 2 is 1.72 bits per heavy atom. The average Bonchev–Trinajstić information content (AvgIpc) is 2.99. The molecule has 0 aliphatic rings. The van der Waals surface area contributed by atoms with Crippen LogP contribution in [-0.2, 0) is 10.2 Å². The van der Waals surface area contributed by atoms with Crippen LogP contribution in [0.3, 0.4) is 0 Å². The molecule has 0 aliphatic carbocycles. The number of thioether (sulfide) groups is 1. The van der Waals surface area contributed by atoms with Crippen molar-refractivity contribution < 1.29 is 4.79 Å². The standard InChI is InChI=1S/C20H21Cl2N5OS/c1-20(2,3)13-6-4-12(5-7-13)18-25-26-19(27(18)23)29-11-17(28)24-16-9-14(21)8-15(22)10-16/h4-10H,11,23H2,1-3H3,(H,24,28). The Morgan fingerprint density at radius 3 is 2.31 bits per heavy atom. The Labute approximate surface area is 183 Å². The van der Waals surface area contributed by atoms with Crippen LogP contribution in [0.4, 0.5) is 5.69 Å². The summed E-state index contributed by atoms with van der Waals surface area (Å²) in [6.45, 7) is 6.47. The highest BCUT2D eigenvalue weighted by atomic mass is 35.5. The van der Waals surface area contributed by atoms with E-state index in [0.717, 1.165) is 5.56 Å². The highest BCUT2D eigenvalue weighted by molar-refractivity contribution is 7.99. The van der Waals surface area contributed by atoms with Crippen LogP contribution in [-0.4, -0.2) is 26.5 Å². The molecule has 1 amide bonds. The molecule has 0 radical (unpaired) electrons. The second-order valence-electron chi connectivity index (χ2n) is 7.50. The van der Waals surface area contributed by atoms with Gasteiger partial charge in [0, 0.05) is 21.3 Å². The maximum absolute atomic E-state index is 12.2. The molecule has 1 heterocycles. The summed E-state index contributed by atoms with van der Waals surface area (Å²) in [7, 11) is 0. The Morgan fingerprint density at radius 1 is 1.10 bits per heavy atom. The van der Waals surface area contributed by atoms with Gasteiger partial charge in [0.15, 0.2) is 5.82 Å². The monoisotopic (exact) mass is 449 g/mol. The lowest BCUT2D eigenvalue weighted by Crippen LogP contribution is -2.16. The van der Waals surface area contributed by atoms with E-state index < -0.39 is 0 Å². The van der Waals surface area contributed by atoms with E-state index in [1.54, 1.807) is 18.2 Å². The van der Waals surface area contributed by atoms with Crippen LogP contribution in [0, 0.1) is 0 Å². The molecule has 0 spiro atoms. The summed E-state index contributed by atoms with van der Waals surface area (Å²) in [5.41, 5.74) is 2.67. The number of nitrogen functional groups attached to an aromatic ring is 1. The number of halogens is 2. The number of nitrogens with two attached hydrogens (primary N) is 1. The van der Waals surface area contributed by atoms with Crippen LogP contribution in [0.5, 0.6) is 0 Å². The maximum Gasteiger partial charge on any atom is 0.234 e. The first-order chi connectivity index (χ1) is 13.6. The number of anilines is 1. The molecular weight excluding hydrogens is 429 g/mol. The second kappa shape index (κ2) is 8.65. The summed E-state index contributed by atoms with van der Waals surface area (Å²) in [5, 5.41) is 12.3. The molecule has 2 aromatic carbocycles. The Bertz CT molecular complexity index is 1010. The van der Waals surface area contributed by atoms with Crippen molar-refractivity contribution in [3.63, 3.8) is 0 Å². The van der Waals surface area contributed by atoms with Gasteiger partial charge in [0.05, 0.1) is 5.75 Å². The van der Waals surface area contributed by atoms with Gasteiger partial charge >= 0.3 is 0 Å². The molecule has 152 valence electrons. The SMILES string of the molecule is CC(C)(C)c1ccc(-c2nnc(SCC(=O)Nc3cc(Cl)cc(Cl)c3)n2N)cc1. The van der Waals surface area contributed by atoms with Crippen LogP contribution >= 0.6 is 35.0 Å². The number of hydrogen-bond donors (Lipinski definition) is 2. The van der Waals surface area contributed by atoms with Gasteiger partial charge in [0.25, 0.3) is 0 Å². The number of rotatable bonds is 5. The fourth-order valence-corrected chi connectivity index (χ4v) is 3.83. The molecule has 0 saturated carbocycles. The first-order valence-corrected chi connectivity index (χ1v) is 10.6. The molecule has 0 unspecified atom stereocenters. The highest BCUT2D eigenvalue weighted by Gasteiger charge is 2.16. The van der Waals surface area contributed by atoms with Gasteiger partial charge in [0.2, 0.25) is 11.1 Å². The van der Waals surface area contributed by atoms with Crippen LogP contribution < -0.4 is 11.2 Å². The number of aromatic nitrogens is 3. The highest BCUT2D eigenvalue weighted by Crippen LogP contribution is 2.27. The van der Waals surface area contributed by atoms with Crippen LogP contribution in [0.2, 0.25) is 10.0 Å². The van der Waals surface area contributed by atoms with E-state index >= 15 is 0 Å². The number of carbonyl (C=O) groups excluding carboxylic acids is 1. The largest absolute Gasteiger partial charge is 0.335 e. The average molecular weight is 450 g/mol. The van der Waals surface area contributed by atoms with Gasteiger partial charge in [-0.2, -0.15) is 0 Å². The van der Waals surface area contributed by atoms with Crippen molar-refractivity contribution in [2.75, 3.05) is 16.9 Å². The first-order valence-electron chi connectivity index (χ1n) is 8.83. The predicted octanol–water partition coefficient (Wildman–Crippen LogP) is 4.99. The fourth-order valence-electron chi connectivity index (χ4n) is 2.64. The molecule has 0 atom stereocenters. The van der Waals surface area contributed by atoms with Gasteiger partial charge in [0.1, 0.15) is 0 Å². The van der Waals surface area contributed by atoms with Gasteiger partial charge in [-0.3, -0.25) is 4.79 Å². The van der Waals surface area contributed by atoms with Crippen molar-refractivity contribution in [3.8, 4) is 11.4 Å². The maximum atomic E-state index is 12.2. The van der Waals surface area contributed by atoms with Gasteiger partial charge in [-0.1, -0.05) is 80.0 Å². The van der Waals surface area contributed by atoms with E-state index in [4.69, 9.17) is 29.0 Å². The number of nitrogens with one attached hydrogen (secondary N) is 1. The van der Waals surface area contributed by atoms with Crippen molar-refractivity contribution in [1.29, 1.82) is 0 Å². The van der Waals surface area contributed by atoms with E-state index in [0.29, 0.717) is 26.7 Å². The lowest BCUT2D eigenvalue weighted by Gasteiger charge is -2.19. The lowest BCUT2D eigenvalue weighted by atomic mass is 9.87. The molecule has 0 saturated heterocycles. The Hall–Kier alpha value is -2.22. The number of carbonyl (C=O) groups is 1. The molecule has 3 N–H and O–H groups in total. The van der Waals surface area contributed by atoms with Gasteiger partial charge < -0.3 is 11.2 Å². The summed E-state index contributed by atoms with van der Waals surface area (Å²) in [6, 6.07) is 12.9. The summed E-state index contributed by atoms with van der Waals surface area (Å²) >= 11 is 13.1. The van der Waals surface area contributed by atoms with Crippen LogP contribution in [0.1, 0.15) is 26.3 Å². The van der Waals surface area contributed by atoms with Crippen molar-refractivity contribution in [2.24, 2.45) is 0 Å². The van der Waals surface area contributed by atoms with Crippen molar-refractivity contribution in [3.05, 3.63) is 58.1 Å². The van der Waals surface area contributed by atoms with Gasteiger partial charge in [-0.05, 0) is 29.2 Å². The topological polar surface area (TPSA) is 85.8 Å². The van der Waals surface area contributed by atoms with Gasteiger partial charge in [-0.15, -0.1) is 10.2 Å². The molecule has 9 heteroatoms. The molecule has 6 nitrogen and oxygen atoms in total. The van der Waals surface area contributed by atoms with Gasteiger partial charge in [-0.25, -0.2) is 4.68 Å². The van der Waals surface area contributed by atoms with E-state index in [-0.39, 0.29) is 17.1 Å². The van der Waals surface area contributed by atoms with Crippen molar-refractivity contribution in [1.82, 2.24) is 14.9 Å². The minimum atomic E-state index is -0.229. The van der Waals surface area contributed by atoms with Crippen molar-refractivity contribution >= 4 is 46.6 Å². The third kappa shape index (κ3) is 5.44. The summed E-state index contributed by atoms with van der Waals surface area (Å²) in [4.78, 5) is 12.2. The smallest absolute Gasteiger partial charge is 0.234 e. The van der Waals surface area contributed by atoms with E-state index in [1.807, 2.05) is 12.1 Å². The minimum Gasteiger partial charge on any atom is -0.335 e. The molecule has 0 fully saturated rings. The first kappa shape index (κ1) is 21.5. The normalized spacial score (nSPS) is 11.5. The summed E-state index contributed by atoms with van der Waals surface area (Å²) < 4.78 is 1.39. The van der Waals surface area contributed by atoms with E-state index in [9.17, 15) is 4.79 Å². The zero-order valence-electron chi connectivity index (χ0n) is 16.2. The molecule has 3 aromatic rings. The Balaban J connectivity index is 1.66. The second-order valence-corrected chi connectivity index (χ2v) is 9.31. The number of nitrogens with zero attached hydrogens (tertiary/aromatic N) is 3. The van der Waals surface area contributed by atoms with Crippen LogP contribution in [0.15, 0.2) is 47.6 Å². The summed E-state index contributed by atoms with van der Waals surface area (Å²) in [6.07, 6.45) is 0. The third-order valence-corrected chi connectivity index (χ3v) is 5.53. The lowest BCUT2D eigenvalue weighted by molar-refractivity contribution is -0.113. The number of amides is 1. The molecule has 3 rings (SSSR count). The molecule has 0 bridgehead atoms. The summed E-state index contributed by atoms with van der Waals surface area (Å²) in [5.74, 6) is 6.56.